The fraction of sp³-hybridized carbons (Fsp3) is 0.308. The normalized spacial score (nSPS) is 17.2. The van der Waals surface area contributed by atoms with Gasteiger partial charge in [0.05, 0.1) is 5.69 Å². The Labute approximate surface area is 196 Å². The van der Waals surface area contributed by atoms with Gasteiger partial charge in [-0.05, 0) is 61.1 Å². The minimum Gasteiger partial charge on any atom is -0.508 e. The van der Waals surface area contributed by atoms with Crippen LogP contribution >= 0.6 is 11.3 Å². The molecular weight excluding hydrogens is 432 g/mol. The average molecular weight is 459 g/mol. The number of phenolic OH excluding ortho intramolecular Hbond substituents is 1. The Hall–Kier alpha value is -3.32. The van der Waals surface area contributed by atoms with Gasteiger partial charge in [-0.15, -0.1) is 11.3 Å². The maximum atomic E-state index is 12.7. The molecule has 4 aromatic rings. The van der Waals surface area contributed by atoms with Gasteiger partial charge in [-0.25, -0.2) is 4.98 Å². The second-order valence-electron chi connectivity index (χ2n) is 9.50. The van der Waals surface area contributed by atoms with Crippen LogP contribution in [0.15, 0.2) is 60.1 Å². The summed E-state index contributed by atoms with van der Waals surface area (Å²) in [5.41, 5.74) is 5.49. The highest BCUT2D eigenvalue weighted by molar-refractivity contribution is 7.15. The first-order valence-electron chi connectivity index (χ1n) is 11.3. The number of anilines is 1. The molecule has 33 heavy (non-hydrogen) atoms. The van der Waals surface area contributed by atoms with Crippen molar-refractivity contribution in [3.8, 4) is 5.75 Å². The molecule has 6 nitrogen and oxygen atoms in total. The first-order valence-corrected chi connectivity index (χ1v) is 12.2. The van der Waals surface area contributed by atoms with E-state index in [0.29, 0.717) is 29.3 Å². The van der Waals surface area contributed by atoms with E-state index in [9.17, 15) is 9.90 Å². The summed E-state index contributed by atoms with van der Waals surface area (Å²) in [7, 11) is 0. The van der Waals surface area contributed by atoms with Crippen molar-refractivity contribution in [2.75, 3.05) is 18.0 Å². The second kappa shape index (κ2) is 7.63. The number of rotatable bonds is 5. The van der Waals surface area contributed by atoms with Gasteiger partial charge in [0.2, 0.25) is 0 Å². The summed E-state index contributed by atoms with van der Waals surface area (Å²) < 4.78 is 1.85. The molecule has 1 aliphatic heterocycles. The Bertz CT molecular complexity index is 1310. The molecule has 7 heteroatoms. The SMILES string of the molecule is Cc1nc2sccn2c1C(=O)NCc1ccc(N2CC3(CC(c4ccc(O)cc4)C3)C2)cc1. The number of amides is 1. The summed E-state index contributed by atoms with van der Waals surface area (Å²) in [5.74, 6) is 0.858. The number of aromatic nitrogens is 2. The molecule has 2 aromatic heterocycles. The van der Waals surface area contributed by atoms with Gasteiger partial charge in [-0.1, -0.05) is 24.3 Å². The van der Waals surface area contributed by atoms with Crippen molar-refractivity contribution >= 4 is 27.9 Å². The van der Waals surface area contributed by atoms with Crippen molar-refractivity contribution < 1.29 is 9.90 Å². The number of thiazole rings is 1. The standard InChI is InChI=1S/C26H26N4O2S/c1-17-23(30-10-11-33-25(30)28-17)24(32)27-14-18-2-6-21(7-3-18)29-15-26(16-29)12-20(13-26)19-4-8-22(31)9-5-19/h2-11,20,31H,12-16H2,1H3,(H,27,32). The lowest BCUT2D eigenvalue weighted by Crippen LogP contribution is -2.61. The number of imidazole rings is 1. The molecule has 168 valence electrons. The van der Waals surface area contributed by atoms with Gasteiger partial charge in [0.1, 0.15) is 11.4 Å². The number of aryl methyl sites for hydroxylation is 1. The Balaban J connectivity index is 1.02. The van der Waals surface area contributed by atoms with Crippen LogP contribution < -0.4 is 10.2 Å². The molecular formula is C26H26N4O2S. The molecule has 0 atom stereocenters. The third kappa shape index (κ3) is 3.56. The molecule has 1 aliphatic carbocycles. The second-order valence-corrected chi connectivity index (χ2v) is 10.4. The first-order chi connectivity index (χ1) is 16.0. The Morgan fingerprint density at radius 2 is 1.88 bits per heavy atom. The van der Waals surface area contributed by atoms with Crippen molar-refractivity contribution in [1.29, 1.82) is 0 Å². The Morgan fingerprint density at radius 3 is 2.61 bits per heavy atom. The molecule has 2 aliphatic rings. The summed E-state index contributed by atoms with van der Waals surface area (Å²) in [4.78, 5) is 20.4. The number of nitrogens with one attached hydrogen (secondary N) is 1. The Kier molecular flexibility index (Phi) is 4.69. The third-order valence-electron chi connectivity index (χ3n) is 7.18. The van der Waals surface area contributed by atoms with Gasteiger partial charge in [-0.3, -0.25) is 9.20 Å². The van der Waals surface area contributed by atoms with E-state index in [1.165, 1.54) is 35.4 Å². The fourth-order valence-corrected chi connectivity index (χ4v) is 6.19. The average Bonchev–Trinajstić information content (AvgIpc) is 3.32. The highest BCUT2D eigenvalue weighted by Crippen LogP contribution is 2.56. The first kappa shape index (κ1) is 20.3. The van der Waals surface area contributed by atoms with Gasteiger partial charge in [0.15, 0.2) is 4.96 Å². The summed E-state index contributed by atoms with van der Waals surface area (Å²) in [6.07, 6.45) is 4.34. The van der Waals surface area contributed by atoms with Crippen LogP contribution in [0.1, 0.15) is 46.1 Å². The predicted molar refractivity (Wildman–Crippen MR) is 130 cm³/mol. The van der Waals surface area contributed by atoms with Gasteiger partial charge in [0.25, 0.3) is 5.91 Å². The summed E-state index contributed by atoms with van der Waals surface area (Å²) in [5, 5.41) is 14.5. The van der Waals surface area contributed by atoms with Gasteiger partial charge >= 0.3 is 0 Å². The highest BCUT2D eigenvalue weighted by Gasteiger charge is 2.52. The molecule has 1 saturated heterocycles. The number of hydrogen-bond acceptors (Lipinski definition) is 5. The minimum absolute atomic E-state index is 0.0969. The van der Waals surface area contributed by atoms with Crippen LogP contribution in [0, 0.1) is 12.3 Å². The zero-order valence-corrected chi connectivity index (χ0v) is 19.3. The molecule has 0 radical (unpaired) electrons. The van der Waals surface area contributed by atoms with Crippen molar-refractivity contribution in [2.45, 2.75) is 32.2 Å². The van der Waals surface area contributed by atoms with Crippen molar-refractivity contribution in [3.63, 3.8) is 0 Å². The number of carbonyl (C=O) groups excluding carboxylic acids is 1. The molecule has 1 spiro atoms. The maximum Gasteiger partial charge on any atom is 0.270 e. The molecule has 3 heterocycles. The Morgan fingerprint density at radius 1 is 1.15 bits per heavy atom. The summed E-state index contributed by atoms with van der Waals surface area (Å²) in [6, 6.07) is 16.2. The zero-order chi connectivity index (χ0) is 22.6. The van der Waals surface area contributed by atoms with Crippen molar-refractivity contribution in [2.24, 2.45) is 5.41 Å². The van der Waals surface area contributed by atoms with Crippen LogP contribution in [0.25, 0.3) is 4.96 Å². The fourth-order valence-electron chi connectivity index (χ4n) is 5.43. The van der Waals surface area contributed by atoms with Crippen LogP contribution in [-0.2, 0) is 6.54 Å². The van der Waals surface area contributed by atoms with E-state index < -0.39 is 0 Å². The van der Waals surface area contributed by atoms with Crippen LogP contribution in [-0.4, -0.2) is 33.5 Å². The minimum atomic E-state index is -0.0969. The van der Waals surface area contributed by atoms with Gasteiger partial charge in [0, 0.05) is 42.3 Å². The molecule has 1 saturated carbocycles. The van der Waals surface area contributed by atoms with Crippen molar-refractivity contribution in [3.05, 3.63) is 82.6 Å². The van der Waals surface area contributed by atoms with E-state index in [1.807, 2.05) is 22.9 Å². The maximum absolute atomic E-state index is 12.7. The van der Waals surface area contributed by atoms with Crippen LogP contribution in [0.3, 0.4) is 0 Å². The molecule has 2 N–H and O–H groups in total. The smallest absolute Gasteiger partial charge is 0.270 e. The molecule has 0 unspecified atom stereocenters. The third-order valence-corrected chi connectivity index (χ3v) is 7.94. The van der Waals surface area contributed by atoms with Crippen LogP contribution in [0.5, 0.6) is 5.75 Å². The molecule has 0 bridgehead atoms. The van der Waals surface area contributed by atoms with E-state index in [4.69, 9.17) is 0 Å². The topological polar surface area (TPSA) is 69.9 Å². The lowest BCUT2D eigenvalue weighted by atomic mass is 9.56. The number of phenols is 1. The van der Waals surface area contributed by atoms with Gasteiger partial charge in [-0.2, -0.15) is 0 Å². The highest BCUT2D eigenvalue weighted by atomic mass is 32.1. The van der Waals surface area contributed by atoms with E-state index in [1.54, 1.807) is 12.1 Å². The number of nitrogens with zero attached hydrogens (tertiary/aromatic N) is 3. The van der Waals surface area contributed by atoms with Crippen LogP contribution in [0.4, 0.5) is 5.69 Å². The number of aromatic hydroxyl groups is 1. The monoisotopic (exact) mass is 458 g/mol. The number of carbonyl (C=O) groups is 1. The lowest BCUT2D eigenvalue weighted by molar-refractivity contribution is 0.0633. The quantitative estimate of drug-likeness (QED) is 0.454. The van der Waals surface area contributed by atoms with E-state index in [0.717, 1.165) is 29.3 Å². The van der Waals surface area contributed by atoms with Gasteiger partial charge < -0.3 is 15.3 Å². The lowest BCUT2D eigenvalue weighted by Gasteiger charge is -2.60. The van der Waals surface area contributed by atoms with Crippen molar-refractivity contribution in [1.82, 2.24) is 14.7 Å². The number of fused-ring (bicyclic) bond motifs is 1. The number of hydrogen-bond donors (Lipinski definition) is 2. The summed E-state index contributed by atoms with van der Waals surface area (Å²) in [6.45, 7) is 4.58. The number of benzene rings is 2. The molecule has 2 fully saturated rings. The largest absolute Gasteiger partial charge is 0.508 e. The van der Waals surface area contributed by atoms with E-state index in [2.05, 4.69) is 51.6 Å². The van der Waals surface area contributed by atoms with Crippen LogP contribution in [0.2, 0.25) is 0 Å². The van der Waals surface area contributed by atoms with E-state index in [-0.39, 0.29) is 5.91 Å². The molecule has 6 rings (SSSR count). The zero-order valence-electron chi connectivity index (χ0n) is 18.5. The summed E-state index contributed by atoms with van der Waals surface area (Å²) >= 11 is 1.53. The predicted octanol–water partition coefficient (Wildman–Crippen LogP) is 4.72. The molecule has 1 amide bonds. The molecule has 2 aromatic carbocycles. The van der Waals surface area contributed by atoms with E-state index >= 15 is 0 Å².